The van der Waals surface area contributed by atoms with Crippen LogP contribution in [-0.4, -0.2) is 57.5 Å². The zero-order chi connectivity index (χ0) is 19.5. The highest BCUT2D eigenvalue weighted by Crippen LogP contribution is 2.26. The van der Waals surface area contributed by atoms with Crippen molar-refractivity contribution in [2.75, 3.05) is 37.8 Å². The number of sulfonamides is 1. The molecule has 2 amide bonds. The highest BCUT2D eigenvalue weighted by Gasteiger charge is 2.35. The van der Waals surface area contributed by atoms with Crippen molar-refractivity contribution in [2.45, 2.75) is 26.2 Å². The Labute approximate surface area is 155 Å². The third-order valence-electron chi connectivity index (χ3n) is 4.66. The van der Waals surface area contributed by atoms with Crippen LogP contribution in [0.4, 0.5) is 5.69 Å². The molecule has 26 heavy (non-hydrogen) atoms. The molecule has 144 valence electrons. The fraction of sp³-hybridized carbons (Fsp3) is 0.556. The SMILES string of the molecule is CC(C)c1ccc(N2CC(C(=O)NCCN(C)S(C)(=O)=O)CC2=O)cc1. The van der Waals surface area contributed by atoms with E-state index in [0.29, 0.717) is 12.5 Å². The first-order valence-corrected chi connectivity index (χ1v) is 10.5. The molecule has 0 saturated carbocycles. The summed E-state index contributed by atoms with van der Waals surface area (Å²) >= 11 is 0. The standard InChI is InChI=1S/C18H27N3O4S/c1-13(2)14-5-7-16(8-6-14)21-12-15(11-17(21)22)18(23)19-9-10-20(3)26(4,24)25/h5-8,13,15H,9-12H2,1-4H3,(H,19,23). The van der Waals surface area contributed by atoms with E-state index in [0.717, 1.165) is 11.9 Å². The van der Waals surface area contributed by atoms with Crippen LogP contribution in [0.3, 0.4) is 0 Å². The van der Waals surface area contributed by atoms with Crippen LogP contribution in [-0.2, 0) is 19.6 Å². The fourth-order valence-corrected chi connectivity index (χ4v) is 3.24. The fourth-order valence-electron chi connectivity index (χ4n) is 2.82. The number of amides is 2. The van der Waals surface area contributed by atoms with E-state index in [-0.39, 0.29) is 31.3 Å². The van der Waals surface area contributed by atoms with Gasteiger partial charge in [0.15, 0.2) is 0 Å². The van der Waals surface area contributed by atoms with Gasteiger partial charge in [0, 0.05) is 38.8 Å². The number of likely N-dealkylation sites (N-methyl/N-ethyl adjacent to an activating group) is 1. The van der Waals surface area contributed by atoms with Crippen LogP contribution in [0.5, 0.6) is 0 Å². The Hall–Kier alpha value is -1.93. The first kappa shape index (κ1) is 20.4. The summed E-state index contributed by atoms with van der Waals surface area (Å²) < 4.78 is 23.8. The van der Waals surface area contributed by atoms with Gasteiger partial charge >= 0.3 is 0 Å². The molecule has 0 spiro atoms. The molecule has 7 nitrogen and oxygen atoms in total. The van der Waals surface area contributed by atoms with E-state index in [9.17, 15) is 18.0 Å². The monoisotopic (exact) mass is 381 g/mol. The number of carbonyl (C=O) groups excluding carboxylic acids is 2. The van der Waals surface area contributed by atoms with Crippen molar-refractivity contribution >= 4 is 27.5 Å². The Balaban J connectivity index is 1.91. The van der Waals surface area contributed by atoms with E-state index in [1.165, 1.54) is 16.9 Å². The van der Waals surface area contributed by atoms with Crippen molar-refractivity contribution in [1.82, 2.24) is 9.62 Å². The van der Waals surface area contributed by atoms with Gasteiger partial charge in [-0.1, -0.05) is 26.0 Å². The average molecular weight is 381 g/mol. The molecule has 1 atom stereocenters. The maximum atomic E-state index is 12.3. The molecule has 1 saturated heterocycles. The van der Waals surface area contributed by atoms with Gasteiger partial charge in [-0.3, -0.25) is 9.59 Å². The second-order valence-electron chi connectivity index (χ2n) is 7.03. The second kappa shape index (κ2) is 8.18. The molecular weight excluding hydrogens is 354 g/mol. The third kappa shape index (κ3) is 5.04. The van der Waals surface area contributed by atoms with Crippen LogP contribution in [0.25, 0.3) is 0 Å². The van der Waals surface area contributed by atoms with Gasteiger partial charge in [-0.15, -0.1) is 0 Å². The molecule has 1 heterocycles. The van der Waals surface area contributed by atoms with Gasteiger partial charge in [-0.05, 0) is 23.6 Å². The topological polar surface area (TPSA) is 86.8 Å². The van der Waals surface area contributed by atoms with Gasteiger partial charge < -0.3 is 10.2 Å². The number of anilines is 1. The number of benzene rings is 1. The van der Waals surface area contributed by atoms with E-state index in [1.807, 2.05) is 24.3 Å². The molecule has 1 aromatic rings. The smallest absolute Gasteiger partial charge is 0.227 e. The van der Waals surface area contributed by atoms with E-state index in [1.54, 1.807) is 4.90 Å². The minimum Gasteiger partial charge on any atom is -0.354 e. The van der Waals surface area contributed by atoms with Crippen LogP contribution < -0.4 is 10.2 Å². The number of nitrogens with zero attached hydrogens (tertiary/aromatic N) is 2. The summed E-state index contributed by atoms with van der Waals surface area (Å²) in [4.78, 5) is 26.2. The molecule has 1 aliphatic heterocycles. The molecular formula is C18H27N3O4S. The summed E-state index contributed by atoms with van der Waals surface area (Å²) in [7, 11) is -1.80. The van der Waals surface area contributed by atoms with E-state index in [4.69, 9.17) is 0 Å². The number of hydrogen-bond donors (Lipinski definition) is 1. The lowest BCUT2D eigenvalue weighted by Gasteiger charge is -2.18. The van der Waals surface area contributed by atoms with Crippen LogP contribution in [0.1, 0.15) is 31.7 Å². The van der Waals surface area contributed by atoms with Crippen molar-refractivity contribution in [3.63, 3.8) is 0 Å². The summed E-state index contributed by atoms with van der Waals surface area (Å²) in [5.41, 5.74) is 2.00. The number of nitrogens with one attached hydrogen (secondary N) is 1. The summed E-state index contributed by atoms with van der Waals surface area (Å²) in [5, 5.41) is 2.72. The molecule has 2 rings (SSSR count). The predicted octanol–water partition coefficient (Wildman–Crippen LogP) is 1.17. The number of carbonyl (C=O) groups is 2. The highest BCUT2D eigenvalue weighted by atomic mass is 32.2. The number of rotatable bonds is 7. The first-order chi connectivity index (χ1) is 12.1. The van der Waals surface area contributed by atoms with E-state index < -0.39 is 15.9 Å². The minimum atomic E-state index is -3.26. The van der Waals surface area contributed by atoms with Gasteiger partial charge in [-0.2, -0.15) is 0 Å². The normalized spacial score (nSPS) is 18.0. The van der Waals surface area contributed by atoms with E-state index in [2.05, 4.69) is 19.2 Å². The van der Waals surface area contributed by atoms with Crippen LogP contribution in [0.2, 0.25) is 0 Å². The second-order valence-corrected chi connectivity index (χ2v) is 9.12. The Bertz CT molecular complexity index is 759. The quantitative estimate of drug-likeness (QED) is 0.768. The first-order valence-electron chi connectivity index (χ1n) is 8.69. The lowest BCUT2D eigenvalue weighted by atomic mass is 10.0. The van der Waals surface area contributed by atoms with Gasteiger partial charge in [0.1, 0.15) is 0 Å². The highest BCUT2D eigenvalue weighted by molar-refractivity contribution is 7.88. The average Bonchev–Trinajstić information content (AvgIpc) is 2.95. The van der Waals surface area contributed by atoms with Crippen LogP contribution in [0.15, 0.2) is 24.3 Å². The molecule has 1 N–H and O–H groups in total. The predicted molar refractivity (Wildman–Crippen MR) is 101 cm³/mol. The molecule has 1 aromatic carbocycles. The molecule has 0 aromatic heterocycles. The van der Waals surface area contributed by atoms with Gasteiger partial charge in [0.25, 0.3) is 0 Å². The van der Waals surface area contributed by atoms with Crippen molar-refractivity contribution in [1.29, 1.82) is 0 Å². The maximum absolute atomic E-state index is 12.3. The summed E-state index contributed by atoms with van der Waals surface area (Å²) in [6.45, 7) is 4.98. The van der Waals surface area contributed by atoms with Crippen LogP contribution in [0, 0.1) is 5.92 Å². The molecule has 1 unspecified atom stereocenters. The Morgan fingerprint density at radius 3 is 2.46 bits per heavy atom. The molecule has 1 fully saturated rings. The molecule has 0 aliphatic carbocycles. The largest absolute Gasteiger partial charge is 0.354 e. The Kier molecular flexibility index (Phi) is 6.41. The Morgan fingerprint density at radius 2 is 1.92 bits per heavy atom. The summed E-state index contributed by atoms with van der Waals surface area (Å²) in [5.74, 6) is -0.296. The lowest BCUT2D eigenvalue weighted by molar-refractivity contribution is -0.126. The third-order valence-corrected chi connectivity index (χ3v) is 5.97. The molecule has 8 heteroatoms. The van der Waals surface area contributed by atoms with Crippen molar-refractivity contribution < 1.29 is 18.0 Å². The minimum absolute atomic E-state index is 0.0734. The van der Waals surface area contributed by atoms with Gasteiger partial charge in [0.2, 0.25) is 21.8 Å². The zero-order valence-electron chi connectivity index (χ0n) is 15.7. The van der Waals surface area contributed by atoms with Crippen molar-refractivity contribution in [3.05, 3.63) is 29.8 Å². The van der Waals surface area contributed by atoms with Crippen molar-refractivity contribution in [3.8, 4) is 0 Å². The molecule has 1 aliphatic rings. The Morgan fingerprint density at radius 1 is 1.31 bits per heavy atom. The number of hydrogen-bond acceptors (Lipinski definition) is 4. The van der Waals surface area contributed by atoms with Gasteiger partial charge in [-0.25, -0.2) is 12.7 Å². The van der Waals surface area contributed by atoms with Crippen LogP contribution >= 0.6 is 0 Å². The maximum Gasteiger partial charge on any atom is 0.227 e. The summed E-state index contributed by atoms with van der Waals surface area (Å²) in [6.07, 6.45) is 1.28. The molecule has 0 bridgehead atoms. The van der Waals surface area contributed by atoms with Gasteiger partial charge in [0.05, 0.1) is 12.2 Å². The summed E-state index contributed by atoms with van der Waals surface area (Å²) in [6, 6.07) is 7.83. The molecule has 0 radical (unpaired) electrons. The van der Waals surface area contributed by atoms with E-state index >= 15 is 0 Å². The van der Waals surface area contributed by atoms with Crippen molar-refractivity contribution in [2.24, 2.45) is 5.92 Å². The zero-order valence-corrected chi connectivity index (χ0v) is 16.5. The lowest BCUT2D eigenvalue weighted by Crippen LogP contribution is -2.38.